The Labute approximate surface area is 93.4 Å². The highest BCUT2D eigenvalue weighted by Crippen LogP contribution is 2.27. The zero-order valence-electron chi connectivity index (χ0n) is 7.62. The van der Waals surface area contributed by atoms with Crippen molar-refractivity contribution in [2.24, 2.45) is 0 Å². The second-order valence-electron chi connectivity index (χ2n) is 2.66. The van der Waals surface area contributed by atoms with Crippen LogP contribution in [0, 0.1) is 0 Å². The summed E-state index contributed by atoms with van der Waals surface area (Å²) in [5.41, 5.74) is -0.209. The molecule has 0 radical (unpaired) electrons. The van der Waals surface area contributed by atoms with Crippen molar-refractivity contribution in [3.8, 4) is 5.75 Å². The molecule has 0 amide bonds. The number of ether oxygens (including phenoxy) is 1. The van der Waals surface area contributed by atoms with Crippen LogP contribution in [0.25, 0.3) is 0 Å². The molecule has 0 heterocycles. The number of aliphatic carboxylic acids is 1. The van der Waals surface area contributed by atoms with E-state index in [-0.39, 0.29) is 16.3 Å². The summed E-state index contributed by atoms with van der Waals surface area (Å²) in [4.78, 5) is 21.3. The van der Waals surface area contributed by atoms with Crippen molar-refractivity contribution in [2.75, 3.05) is 0 Å². The van der Waals surface area contributed by atoms with Gasteiger partial charge >= 0.3 is 12.6 Å². The topological polar surface area (TPSA) is 63.6 Å². The van der Waals surface area contributed by atoms with Gasteiger partial charge in [-0.15, -0.1) is 0 Å². The molecule has 1 rings (SSSR count). The number of benzene rings is 1. The van der Waals surface area contributed by atoms with E-state index in [0.717, 1.165) is 18.2 Å². The highest BCUT2D eigenvalue weighted by atomic mass is 35.5. The molecule has 1 aromatic carbocycles. The van der Waals surface area contributed by atoms with E-state index in [4.69, 9.17) is 16.7 Å². The van der Waals surface area contributed by atoms with Crippen LogP contribution in [-0.4, -0.2) is 23.5 Å². The van der Waals surface area contributed by atoms with E-state index in [1.54, 1.807) is 0 Å². The summed E-state index contributed by atoms with van der Waals surface area (Å²) < 4.78 is 27.7. The molecule has 0 aromatic heterocycles. The zero-order chi connectivity index (χ0) is 12.3. The third-order valence-electron chi connectivity index (χ3n) is 1.60. The largest absolute Gasteiger partial charge is 0.475 e. The number of alkyl halides is 2. The van der Waals surface area contributed by atoms with E-state index < -0.39 is 18.4 Å². The predicted octanol–water partition coefficient (Wildman–Crippen LogP) is 2.21. The van der Waals surface area contributed by atoms with Crippen molar-refractivity contribution < 1.29 is 28.2 Å². The van der Waals surface area contributed by atoms with E-state index in [2.05, 4.69) is 4.74 Å². The number of ketones is 1. The first-order valence-corrected chi connectivity index (χ1v) is 4.31. The summed E-state index contributed by atoms with van der Waals surface area (Å²) in [6, 6.07) is 3.00. The normalized spacial score (nSPS) is 10.2. The minimum atomic E-state index is -3.04. The van der Waals surface area contributed by atoms with Crippen molar-refractivity contribution >= 4 is 23.4 Å². The molecule has 0 aliphatic carbocycles. The van der Waals surface area contributed by atoms with Crippen molar-refractivity contribution in [1.29, 1.82) is 0 Å². The Morgan fingerprint density at radius 2 is 2.00 bits per heavy atom. The van der Waals surface area contributed by atoms with Crippen LogP contribution in [0.15, 0.2) is 18.2 Å². The zero-order valence-corrected chi connectivity index (χ0v) is 8.37. The Morgan fingerprint density at radius 1 is 1.38 bits per heavy atom. The van der Waals surface area contributed by atoms with Crippen LogP contribution in [0.4, 0.5) is 8.78 Å². The molecule has 0 aliphatic rings. The average Bonchev–Trinajstić information content (AvgIpc) is 2.19. The van der Waals surface area contributed by atoms with Crippen LogP contribution in [-0.2, 0) is 4.79 Å². The molecule has 0 aliphatic heterocycles. The molecule has 0 fully saturated rings. The summed E-state index contributed by atoms with van der Waals surface area (Å²) >= 11 is 5.52. The predicted molar refractivity (Wildman–Crippen MR) is 50.1 cm³/mol. The maximum Gasteiger partial charge on any atom is 0.387 e. The Hall–Kier alpha value is -1.69. The lowest BCUT2D eigenvalue weighted by Gasteiger charge is -2.06. The first kappa shape index (κ1) is 12.4. The van der Waals surface area contributed by atoms with Gasteiger partial charge in [0, 0.05) is 5.56 Å². The van der Waals surface area contributed by atoms with Crippen LogP contribution in [0.3, 0.4) is 0 Å². The molecular weight excluding hydrogens is 246 g/mol. The standard InChI is InChI=1S/C9H5ClF2O4/c10-5-3-4(7(13)8(14)15)1-2-6(5)16-9(11)12/h1-3,9H,(H,14,15). The number of hydrogen-bond donors (Lipinski definition) is 1. The number of rotatable bonds is 4. The number of carbonyl (C=O) groups is 2. The molecule has 0 saturated carbocycles. The fraction of sp³-hybridized carbons (Fsp3) is 0.111. The number of halogens is 3. The van der Waals surface area contributed by atoms with Crippen LogP contribution < -0.4 is 4.74 Å². The fourth-order valence-electron chi connectivity index (χ4n) is 0.957. The van der Waals surface area contributed by atoms with Gasteiger partial charge in [0.25, 0.3) is 5.78 Å². The van der Waals surface area contributed by atoms with Crippen LogP contribution >= 0.6 is 11.6 Å². The first-order valence-electron chi connectivity index (χ1n) is 3.94. The van der Waals surface area contributed by atoms with E-state index in [0.29, 0.717) is 0 Å². The van der Waals surface area contributed by atoms with Gasteiger partial charge in [0.15, 0.2) is 0 Å². The molecule has 86 valence electrons. The van der Waals surface area contributed by atoms with Crippen LogP contribution in [0.2, 0.25) is 5.02 Å². The van der Waals surface area contributed by atoms with Gasteiger partial charge in [-0.2, -0.15) is 8.78 Å². The molecule has 7 heteroatoms. The van der Waals surface area contributed by atoms with Crippen molar-refractivity contribution in [3.05, 3.63) is 28.8 Å². The van der Waals surface area contributed by atoms with E-state index in [1.165, 1.54) is 0 Å². The van der Waals surface area contributed by atoms with Gasteiger partial charge in [-0.05, 0) is 18.2 Å². The number of carbonyl (C=O) groups excluding carboxylic acids is 1. The number of carboxylic acids is 1. The summed E-state index contributed by atoms with van der Waals surface area (Å²) in [7, 11) is 0. The molecule has 0 atom stereocenters. The lowest BCUT2D eigenvalue weighted by Crippen LogP contribution is -2.12. The molecule has 0 bridgehead atoms. The number of hydrogen-bond acceptors (Lipinski definition) is 3. The molecular formula is C9H5ClF2O4. The SMILES string of the molecule is O=C(O)C(=O)c1ccc(OC(F)F)c(Cl)c1. The van der Waals surface area contributed by atoms with Gasteiger partial charge in [-0.3, -0.25) is 4.79 Å². The highest BCUT2D eigenvalue weighted by Gasteiger charge is 2.17. The number of Topliss-reactive ketones (excluding diaryl/α,β-unsaturated/α-hetero) is 1. The first-order chi connectivity index (χ1) is 7.41. The molecule has 1 N–H and O–H groups in total. The van der Waals surface area contributed by atoms with E-state index in [9.17, 15) is 18.4 Å². The van der Waals surface area contributed by atoms with E-state index >= 15 is 0 Å². The van der Waals surface area contributed by atoms with Gasteiger partial charge in [0.05, 0.1) is 5.02 Å². The maximum absolute atomic E-state index is 11.8. The molecule has 0 spiro atoms. The van der Waals surface area contributed by atoms with Crippen molar-refractivity contribution in [3.63, 3.8) is 0 Å². The fourth-order valence-corrected chi connectivity index (χ4v) is 1.18. The minimum Gasteiger partial charge on any atom is -0.475 e. The smallest absolute Gasteiger partial charge is 0.387 e. The summed E-state index contributed by atoms with van der Waals surface area (Å²) in [5.74, 6) is -3.15. The minimum absolute atomic E-state index is 0.209. The van der Waals surface area contributed by atoms with Gasteiger partial charge in [0.1, 0.15) is 5.75 Å². The summed E-state index contributed by atoms with van der Waals surface area (Å²) in [6.07, 6.45) is 0. The van der Waals surface area contributed by atoms with Crippen molar-refractivity contribution in [1.82, 2.24) is 0 Å². The van der Waals surface area contributed by atoms with Gasteiger partial charge in [-0.1, -0.05) is 11.6 Å². The molecule has 0 unspecified atom stereocenters. The number of carboxylic acid groups (broad SMARTS) is 1. The molecule has 16 heavy (non-hydrogen) atoms. The summed E-state index contributed by atoms with van der Waals surface area (Å²) in [6.45, 7) is -3.04. The van der Waals surface area contributed by atoms with Crippen molar-refractivity contribution in [2.45, 2.75) is 6.61 Å². The maximum atomic E-state index is 11.8. The average molecular weight is 251 g/mol. The molecule has 0 saturated heterocycles. The Morgan fingerprint density at radius 3 is 2.44 bits per heavy atom. The van der Waals surface area contributed by atoms with Gasteiger partial charge in [-0.25, -0.2) is 4.79 Å². The lowest BCUT2D eigenvalue weighted by atomic mass is 10.1. The quantitative estimate of drug-likeness (QED) is 0.657. The highest BCUT2D eigenvalue weighted by molar-refractivity contribution is 6.40. The Bertz CT molecular complexity index is 434. The molecule has 1 aromatic rings. The summed E-state index contributed by atoms with van der Waals surface area (Å²) in [5, 5.41) is 8.14. The van der Waals surface area contributed by atoms with Crippen LogP contribution in [0.1, 0.15) is 10.4 Å². The lowest BCUT2D eigenvalue weighted by molar-refractivity contribution is -0.131. The monoisotopic (exact) mass is 250 g/mol. The van der Waals surface area contributed by atoms with Gasteiger partial charge < -0.3 is 9.84 Å². The third-order valence-corrected chi connectivity index (χ3v) is 1.90. The Balaban J connectivity index is 2.99. The third kappa shape index (κ3) is 2.90. The molecule has 4 nitrogen and oxygen atoms in total. The van der Waals surface area contributed by atoms with E-state index in [1.807, 2.05) is 0 Å². The second kappa shape index (κ2) is 4.89. The van der Waals surface area contributed by atoms with Gasteiger partial charge in [0.2, 0.25) is 0 Å². The van der Waals surface area contributed by atoms with Crippen LogP contribution in [0.5, 0.6) is 5.75 Å². The Kier molecular flexibility index (Phi) is 3.78. The second-order valence-corrected chi connectivity index (χ2v) is 3.07.